The number of carbonyl (C=O) groups is 1. The topological polar surface area (TPSA) is 62.5 Å². The number of amides is 1. The highest BCUT2D eigenvalue weighted by Gasteiger charge is 2.38. The van der Waals surface area contributed by atoms with Crippen LogP contribution in [0.2, 0.25) is 0 Å². The van der Waals surface area contributed by atoms with Crippen LogP contribution in [-0.2, 0) is 6.54 Å². The normalized spacial score (nSPS) is 24.6. The zero-order valence-electron chi connectivity index (χ0n) is 13.0. The molecule has 120 valence electrons. The zero-order valence-corrected chi connectivity index (χ0v) is 13.0. The van der Waals surface area contributed by atoms with Crippen molar-refractivity contribution in [1.82, 2.24) is 19.8 Å². The van der Waals surface area contributed by atoms with Crippen molar-refractivity contribution < 1.29 is 9.21 Å². The second kappa shape index (κ2) is 6.12. The van der Waals surface area contributed by atoms with Crippen molar-refractivity contribution in [1.29, 1.82) is 0 Å². The van der Waals surface area contributed by atoms with Crippen LogP contribution in [0.15, 0.2) is 41.4 Å². The zero-order chi connectivity index (χ0) is 15.6. The molecule has 0 aromatic carbocycles. The van der Waals surface area contributed by atoms with Crippen molar-refractivity contribution in [3.05, 3.63) is 48.4 Å². The van der Waals surface area contributed by atoms with Gasteiger partial charge >= 0.3 is 0 Å². The van der Waals surface area contributed by atoms with Gasteiger partial charge in [0.25, 0.3) is 5.91 Å². The first-order chi connectivity index (χ1) is 11.3. The minimum atomic E-state index is 0.000958. The smallest absolute Gasteiger partial charge is 0.274 e. The number of nitrogens with zero attached hydrogens (tertiary/aromatic N) is 4. The molecule has 0 saturated carbocycles. The average Bonchev–Trinajstić information content (AvgIpc) is 3.23. The largest absolute Gasteiger partial charge is 0.468 e. The molecule has 0 unspecified atom stereocenters. The third kappa shape index (κ3) is 2.99. The molecule has 2 aliphatic rings. The Labute approximate surface area is 135 Å². The third-order valence-corrected chi connectivity index (χ3v) is 4.91. The molecule has 2 aromatic rings. The Morgan fingerprint density at radius 3 is 2.96 bits per heavy atom. The lowest BCUT2D eigenvalue weighted by Crippen LogP contribution is -2.43. The van der Waals surface area contributed by atoms with Gasteiger partial charge in [0.05, 0.1) is 19.0 Å². The maximum absolute atomic E-state index is 12.5. The number of fused-ring (bicyclic) bond motifs is 1. The highest BCUT2D eigenvalue weighted by Crippen LogP contribution is 2.32. The summed E-state index contributed by atoms with van der Waals surface area (Å²) in [4.78, 5) is 25.0. The Morgan fingerprint density at radius 2 is 2.17 bits per heavy atom. The maximum atomic E-state index is 12.5. The van der Waals surface area contributed by atoms with E-state index in [4.69, 9.17) is 4.42 Å². The summed E-state index contributed by atoms with van der Waals surface area (Å²) in [6.07, 6.45) is 7.49. The minimum absolute atomic E-state index is 0.000958. The van der Waals surface area contributed by atoms with Gasteiger partial charge in [0.15, 0.2) is 0 Å². The number of hydrogen-bond donors (Lipinski definition) is 0. The van der Waals surface area contributed by atoms with Gasteiger partial charge in [0.1, 0.15) is 11.5 Å². The van der Waals surface area contributed by atoms with E-state index in [2.05, 4.69) is 14.9 Å². The number of aromatic nitrogens is 2. The first kappa shape index (κ1) is 14.4. The predicted octanol–water partition coefficient (Wildman–Crippen LogP) is 1.66. The lowest BCUT2D eigenvalue weighted by Gasteiger charge is -2.34. The summed E-state index contributed by atoms with van der Waals surface area (Å²) in [6.45, 7) is 4.60. The number of carbonyl (C=O) groups excluding carboxylic acids is 1. The molecule has 6 nitrogen and oxygen atoms in total. The lowest BCUT2D eigenvalue weighted by atomic mass is 9.88. The molecule has 2 aromatic heterocycles. The predicted molar refractivity (Wildman–Crippen MR) is 83.5 cm³/mol. The molecule has 0 N–H and O–H groups in total. The van der Waals surface area contributed by atoms with Crippen molar-refractivity contribution in [3.63, 3.8) is 0 Å². The van der Waals surface area contributed by atoms with Gasteiger partial charge in [-0.05, 0) is 30.4 Å². The van der Waals surface area contributed by atoms with Gasteiger partial charge in [0, 0.05) is 38.6 Å². The van der Waals surface area contributed by atoms with Gasteiger partial charge in [-0.15, -0.1) is 0 Å². The number of hydrogen-bond acceptors (Lipinski definition) is 5. The number of furan rings is 1. The standard InChI is InChI=1S/C17H20N4O2/c22-17(16-8-18-4-5-19-16)21-6-3-13-9-20(10-14(13)11-21)12-15-2-1-7-23-15/h1-2,4-5,7-8,13-14H,3,6,9-12H2/t13-,14-/m1/s1. The van der Waals surface area contributed by atoms with Crippen LogP contribution < -0.4 is 0 Å². The summed E-state index contributed by atoms with van der Waals surface area (Å²) < 4.78 is 5.44. The number of likely N-dealkylation sites (tertiary alicyclic amines) is 2. The van der Waals surface area contributed by atoms with Crippen molar-refractivity contribution in [3.8, 4) is 0 Å². The molecule has 2 aliphatic heterocycles. The highest BCUT2D eigenvalue weighted by molar-refractivity contribution is 5.92. The second-order valence-corrected chi connectivity index (χ2v) is 6.42. The van der Waals surface area contributed by atoms with Crippen LogP contribution in [0.4, 0.5) is 0 Å². The minimum Gasteiger partial charge on any atom is -0.468 e. The molecular formula is C17H20N4O2. The molecule has 1 amide bonds. The van der Waals surface area contributed by atoms with Gasteiger partial charge < -0.3 is 9.32 Å². The second-order valence-electron chi connectivity index (χ2n) is 6.42. The molecule has 6 heteroatoms. The van der Waals surface area contributed by atoms with E-state index >= 15 is 0 Å². The molecule has 0 bridgehead atoms. The first-order valence-corrected chi connectivity index (χ1v) is 8.09. The van der Waals surface area contributed by atoms with E-state index in [1.54, 1.807) is 24.9 Å². The van der Waals surface area contributed by atoms with Crippen LogP contribution in [0, 0.1) is 11.8 Å². The molecule has 2 saturated heterocycles. The van der Waals surface area contributed by atoms with Gasteiger partial charge in [-0.25, -0.2) is 4.98 Å². The van der Waals surface area contributed by atoms with Gasteiger partial charge in [-0.1, -0.05) is 0 Å². The molecule has 0 spiro atoms. The fraction of sp³-hybridized carbons (Fsp3) is 0.471. The van der Waals surface area contributed by atoms with Crippen LogP contribution >= 0.6 is 0 Å². The summed E-state index contributed by atoms with van der Waals surface area (Å²) >= 11 is 0. The Kier molecular flexibility index (Phi) is 3.83. The van der Waals surface area contributed by atoms with E-state index in [0.717, 1.165) is 44.9 Å². The Morgan fingerprint density at radius 1 is 1.26 bits per heavy atom. The SMILES string of the molecule is O=C(c1cnccn1)N1CC[C@@H]2CN(Cc3ccco3)C[C@@H]2C1. The highest BCUT2D eigenvalue weighted by atomic mass is 16.3. The Hall–Kier alpha value is -2.21. The molecule has 0 aliphatic carbocycles. The van der Waals surface area contributed by atoms with Crippen molar-refractivity contribution >= 4 is 5.91 Å². The molecule has 23 heavy (non-hydrogen) atoms. The quantitative estimate of drug-likeness (QED) is 0.862. The van der Waals surface area contributed by atoms with Crippen LogP contribution in [0.25, 0.3) is 0 Å². The van der Waals surface area contributed by atoms with Crippen molar-refractivity contribution in [2.75, 3.05) is 26.2 Å². The fourth-order valence-electron chi connectivity index (χ4n) is 3.77. The molecular weight excluding hydrogens is 292 g/mol. The Balaban J connectivity index is 1.39. The van der Waals surface area contributed by atoms with Crippen molar-refractivity contribution in [2.45, 2.75) is 13.0 Å². The van der Waals surface area contributed by atoms with E-state index in [9.17, 15) is 4.79 Å². The van der Waals surface area contributed by atoms with Crippen LogP contribution in [-0.4, -0.2) is 51.9 Å². The van der Waals surface area contributed by atoms with Gasteiger partial charge in [-0.3, -0.25) is 14.7 Å². The fourth-order valence-corrected chi connectivity index (χ4v) is 3.77. The van der Waals surface area contributed by atoms with E-state index in [1.807, 2.05) is 17.0 Å². The summed E-state index contributed by atoms with van der Waals surface area (Å²) in [5.74, 6) is 2.23. The van der Waals surface area contributed by atoms with Gasteiger partial charge in [-0.2, -0.15) is 0 Å². The van der Waals surface area contributed by atoms with E-state index < -0.39 is 0 Å². The van der Waals surface area contributed by atoms with E-state index in [-0.39, 0.29) is 5.91 Å². The average molecular weight is 312 g/mol. The summed E-state index contributed by atoms with van der Waals surface area (Å²) in [5.41, 5.74) is 0.441. The molecule has 2 atom stereocenters. The van der Waals surface area contributed by atoms with Crippen molar-refractivity contribution in [2.24, 2.45) is 11.8 Å². The molecule has 0 radical (unpaired) electrons. The third-order valence-electron chi connectivity index (χ3n) is 4.91. The summed E-state index contributed by atoms with van der Waals surface area (Å²) in [5, 5.41) is 0. The molecule has 2 fully saturated rings. The molecule has 4 rings (SSSR count). The monoisotopic (exact) mass is 312 g/mol. The van der Waals surface area contributed by atoms with Crippen LogP contribution in [0.5, 0.6) is 0 Å². The van der Waals surface area contributed by atoms with Gasteiger partial charge in [0.2, 0.25) is 0 Å². The molecule has 4 heterocycles. The maximum Gasteiger partial charge on any atom is 0.274 e. The number of rotatable bonds is 3. The first-order valence-electron chi connectivity index (χ1n) is 8.09. The van der Waals surface area contributed by atoms with E-state index in [1.165, 1.54) is 0 Å². The Bertz CT molecular complexity index is 658. The summed E-state index contributed by atoms with van der Waals surface area (Å²) in [6, 6.07) is 3.95. The van der Waals surface area contributed by atoms with E-state index in [0.29, 0.717) is 17.5 Å². The summed E-state index contributed by atoms with van der Waals surface area (Å²) in [7, 11) is 0. The van der Waals surface area contributed by atoms with Crippen LogP contribution in [0.3, 0.4) is 0 Å². The lowest BCUT2D eigenvalue weighted by molar-refractivity contribution is 0.0635. The van der Waals surface area contributed by atoms with Crippen LogP contribution in [0.1, 0.15) is 22.7 Å². The number of piperidine rings is 1.